The van der Waals surface area contributed by atoms with E-state index < -0.39 is 0 Å². The summed E-state index contributed by atoms with van der Waals surface area (Å²) in [5.41, 5.74) is 7.37. The van der Waals surface area contributed by atoms with Crippen molar-refractivity contribution in [3.63, 3.8) is 0 Å². The van der Waals surface area contributed by atoms with Crippen LogP contribution in [0.25, 0.3) is 10.9 Å². The molecule has 1 aromatic heterocycles. The van der Waals surface area contributed by atoms with Crippen LogP contribution < -0.4 is 10.2 Å². The zero-order valence-corrected chi connectivity index (χ0v) is 18.9. The van der Waals surface area contributed by atoms with Crippen LogP contribution in [0, 0.1) is 39.0 Å². The normalized spacial score (nSPS) is 15.9. The third-order valence-corrected chi connectivity index (χ3v) is 6.38. The Labute approximate surface area is 173 Å². The number of nitriles is 1. The average molecular weight is 399 g/mol. The van der Waals surface area contributed by atoms with E-state index in [9.17, 15) is 5.26 Å². The Morgan fingerprint density at radius 3 is 2.14 bits per heavy atom. The average Bonchev–Trinajstić information content (AvgIpc) is 2.63. The monoisotopic (exact) mass is 398 g/mol. The molecule has 150 valence electrons. The zero-order chi connectivity index (χ0) is 20.8. The SMILES string of the molecule is Cc1c(C)c(C)c2c(N3CCC(NC(C)(C)C)CC3)c(C#N)c(Cl)nc2c1C. The third-order valence-electron chi connectivity index (χ3n) is 6.10. The van der Waals surface area contributed by atoms with Gasteiger partial charge < -0.3 is 10.2 Å². The first-order chi connectivity index (χ1) is 13.0. The fraction of sp³-hybridized carbons (Fsp3) is 0.565. The number of nitrogens with zero attached hydrogens (tertiary/aromatic N) is 3. The largest absolute Gasteiger partial charge is 0.370 e. The molecule has 0 spiro atoms. The number of hydrogen-bond donors (Lipinski definition) is 1. The van der Waals surface area contributed by atoms with Crippen LogP contribution in [0.4, 0.5) is 5.69 Å². The van der Waals surface area contributed by atoms with Crippen LogP contribution in [0.3, 0.4) is 0 Å². The Balaban J connectivity index is 2.12. The number of rotatable bonds is 2. The lowest BCUT2D eigenvalue weighted by Gasteiger charge is -2.38. The fourth-order valence-corrected chi connectivity index (χ4v) is 4.59. The van der Waals surface area contributed by atoms with E-state index in [-0.39, 0.29) is 5.54 Å². The van der Waals surface area contributed by atoms with Gasteiger partial charge in [0.1, 0.15) is 16.8 Å². The van der Waals surface area contributed by atoms with Crippen molar-refractivity contribution in [2.24, 2.45) is 0 Å². The maximum Gasteiger partial charge on any atom is 0.149 e. The molecule has 28 heavy (non-hydrogen) atoms. The quantitative estimate of drug-likeness (QED) is 0.692. The molecule has 0 unspecified atom stereocenters. The van der Waals surface area contributed by atoms with Crippen molar-refractivity contribution < 1.29 is 0 Å². The topological polar surface area (TPSA) is 52.0 Å². The molecule has 0 saturated carbocycles. The summed E-state index contributed by atoms with van der Waals surface area (Å²) in [4.78, 5) is 6.98. The highest BCUT2D eigenvalue weighted by molar-refractivity contribution is 6.32. The number of anilines is 1. The van der Waals surface area contributed by atoms with Crippen molar-refractivity contribution in [3.05, 3.63) is 33.0 Å². The molecule has 2 heterocycles. The Morgan fingerprint density at radius 2 is 1.61 bits per heavy atom. The van der Waals surface area contributed by atoms with Crippen molar-refractivity contribution in [2.75, 3.05) is 18.0 Å². The number of hydrogen-bond acceptors (Lipinski definition) is 4. The molecule has 0 radical (unpaired) electrons. The Bertz CT molecular complexity index is 958. The van der Waals surface area contributed by atoms with Gasteiger partial charge in [0.25, 0.3) is 0 Å². The maximum atomic E-state index is 9.86. The Kier molecular flexibility index (Phi) is 5.62. The highest BCUT2D eigenvalue weighted by Gasteiger charge is 2.28. The van der Waals surface area contributed by atoms with Gasteiger partial charge in [-0.2, -0.15) is 5.26 Å². The maximum absolute atomic E-state index is 9.86. The van der Waals surface area contributed by atoms with Crippen LogP contribution in [-0.2, 0) is 0 Å². The molecular formula is C23H31ClN4. The number of aryl methyl sites for hydroxylation is 2. The van der Waals surface area contributed by atoms with E-state index in [1.165, 1.54) is 16.7 Å². The fourth-order valence-electron chi connectivity index (χ4n) is 4.37. The van der Waals surface area contributed by atoms with E-state index in [2.05, 4.69) is 69.7 Å². The van der Waals surface area contributed by atoms with Gasteiger partial charge in [0, 0.05) is 30.1 Å². The number of nitrogens with one attached hydrogen (secondary N) is 1. The van der Waals surface area contributed by atoms with Crippen molar-refractivity contribution in [1.82, 2.24) is 10.3 Å². The second-order valence-corrected chi connectivity index (χ2v) is 9.48. The minimum atomic E-state index is 0.111. The number of fused-ring (bicyclic) bond motifs is 1. The number of piperidine rings is 1. The van der Waals surface area contributed by atoms with Crippen LogP contribution in [0.5, 0.6) is 0 Å². The lowest BCUT2D eigenvalue weighted by molar-refractivity contribution is 0.317. The standard InChI is InChI=1S/C23H31ClN4/c1-13-14(2)16(4)20-19(15(13)3)21(18(12-25)22(24)26-20)28-10-8-17(9-11-28)27-23(5,6)7/h17,27H,8-11H2,1-7H3. The molecule has 1 aliphatic rings. The molecule has 0 aliphatic carbocycles. The van der Waals surface area contributed by atoms with Crippen LogP contribution >= 0.6 is 11.6 Å². The predicted molar refractivity (Wildman–Crippen MR) is 119 cm³/mol. The number of pyridine rings is 1. The summed E-state index contributed by atoms with van der Waals surface area (Å²) in [5, 5.41) is 15.0. The third kappa shape index (κ3) is 3.71. The molecule has 1 aliphatic heterocycles. The molecule has 1 saturated heterocycles. The van der Waals surface area contributed by atoms with Gasteiger partial charge in [-0.15, -0.1) is 0 Å². The molecule has 1 N–H and O–H groups in total. The van der Waals surface area contributed by atoms with Crippen molar-refractivity contribution in [1.29, 1.82) is 5.26 Å². The van der Waals surface area contributed by atoms with E-state index in [0.29, 0.717) is 16.8 Å². The Hall–Kier alpha value is -1.83. The minimum absolute atomic E-state index is 0.111. The molecule has 3 rings (SSSR count). The highest BCUT2D eigenvalue weighted by Crippen LogP contribution is 2.40. The minimum Gasteiger partial charge on any atom is -0.370 e. The molecule has 0 atom stereocenters. The van der Waals surface area contributed by atoms with Crippen molar-refractivity contribution in [3.8, 4) is 6.07 Å². The van der Waals surface area contributed by atoms with Crippen LogP contribution in [0.15, 0.2) is 0 Å². The first-order valence-electron chi connectivity index (χ1n) is 10.1. The Morgan fingerprint density at radius 1 is 1.04 bits per heavy atom. The zero-order valence-electron chi connectivity index (χ0n) is 18.1. The van der Waals surface area contributed by atoms with Crippen LogP contribution in [-0.4, -0.2) is 29.7 Å². The lowest BCUT2D eigenvalue weighted by Crippen LogP contribution is -2.49. The summed E-state index contributed by atoms with van der Waals surface area (Å²) < 4.78 is 0. The second-order valence-electron chi connectivity index (χ2n) is 9.12. The van der Waals surface area contributed by atoms with Gasteiger partial charge >= 0.3 is 0 Å². The van der Waals surface area contributed by atoms with E-state index in [4.69, 9.17) is 11.6 Å². The van der Waals surface area contributed by atoms with Gasteiger partial charge in [0.05, 0.1) is 11.2 Å². The number of halogens is 1. The summed E-state index contributed by atoms with van der Waals surface area (Å²) in [5.74, 6) is 0. The van der Waals surface area contributed by atoms with E-state index in [1.54, 1.807) is 0 Å². The van der Waals surface area contributed by atoms with Crippen molar-refractivity contribution >= 4 is 28.2 Å². The second kappa shape index (κ2) is 7.54. The summed E-state index contributed by atoms with van der Waals surface area (Å²) in [6.45, 7) is 17.0. The summed E-state index contributed by atoms with van der Waals surface area (Å²) in [6.07, 6.45) is 2.10. The molecular weight excluding hydrogens is 368 g/mol. The van der Waals surface area contributed by atoms with Gasteiger partial charge in [-0.3, -0.25) is 0 Å². The van der Waals surface area contributed by atoms with E-state index in [0.717, 1.165) is 48.1 Å². The molecule has 0 bridgehead atoms. The first-order valence-corrected chi connectivity index (χ1v) is 10.4. The molecule has 1 aromatic carbocycles. The van der Waals surface area contributed by atoms with Crippen LogP contribution in [0.2, 0.25) is 5.15 Å². The summed E-state index contributed by atoms with van der Waals surface area (Å²) >= 11 is 6.49. The first kappa shape index (κ1) is 20.9. The lowest BCUT2D eigenvalue weighted by atomic mass is 9.91. The highest BCUT2D eigenvalue weighted by atomic mass is 35.5. The molecule has 0 amide bonds. The van der Waals surface area contributed by atoms with Gasteiger partial charge in [0.15, 0.2) is 0 Å². The van der Waals surface area contributed by atoms with Crippen molar-refractivity contribution in [2.45, 2.75) is 72.9 Å². The predicted octanol–water partition coefficient (Wildman–Crippen LogP) is 5.35. The molecule has 1 fully saturated rings. The molecule has 2 aromatic rings. The van der Waals surface area contributed by atoms with Gasteiger partial charge in [-0.25, -0.2) is 4.98 Å². The molecule has 5 heteroatoms. The van der Waals surface area contributed by atoms with E-state index >= 15 is 0 Å². The van der Waals surface area contributed by atoms with Gasteiger partial charge in [-0.05, 0) is 83.6 Å². The van der Waals surface area contributed by atoms with E-state index in [1.807, 2.05) is 0 Å². The number of aromatic nitrogens is 1. The summed E-state index contributed by atoms with van der Waals surface area (Å²) in [7, 11) is 0. The smallest absolute Gasteiger partial charge is 0.149 e. The van der Waals surface area contributed by atoms with Crippen LogP contribution in [0.1, 0.15) is 61.4 Å². The number of benzene rings is 1. The molecule has 4 nitrogen and oxygen atoms in total. The summed E-state index contributed by atoms with van der Waals surface area (Å²) in [6, 6.07) is 2.83. The van der Waals surface area contributed by atoms with Gasteiger partial charge in [-0.1, -0.05) is 11.6 Å². The van der Waals surface area contributed by atoms with Gasteiger partial charge in [0.2, 0.25) is 0 Å².